The molecular weight excluding hydrogens is 304 g/mol. The van der Waals surface area contributed by atoms with Crippen molar-refractivity contribution in [3.05, 3.63) is 35.2 Å². The van der Waals surface area contributed by atoms with Gasteiger partial charge in [0.1, 0.15) is 6.04 Å². The maximum atomic E-state index is 11.4. The number of carbonyl (C=O) groups is 1. The standard InChI is InChI=1S/C15H18N2O2S2/c1-9(2)16-15(20)17-12(14(18)19)7-10-8-21-13-6-4-3-5-11(10)13/h3-6,8-9,12H,7H2,1-2H3,(H,18,19)(H2,16,17,20). The fourth-order valence-electron chi connectivity index (χ4n) is 2.07. The summed E-state index contributed by atoms with van der Waals surface area (Å²) in [5.74, 6) is -0.904. The summed E-state index contributed by atoms with van der Waals surface area (Å²) < 4.78 is 1.17. The van der Waals surface area contributed by atoms with Crippen LogP contribution in [0.25, 0.3) is 10.1 Å². The summed E-state index contributed by atoms with van der Waals surface area (Å²) in [5, 5.41) is 18.8. The summed E-state index contributed by atoms with van der Waals surface area (Å²) in [6.07, 6.45) is 0.402. The minimum Gasteiger partial charge on any atom is -0.480 e. The fraction of sp³-hybridized carbons (Fsp3) is 0.333. The van der Waals surface area contributed by atoms with Crippen molar-refractivity contribution < 1.29 is 9.90 Å². The number of thiophene rings is 1. The molecule has 0 aliphatic rings. The van der Waals surface area contributed by atoms with Crippen molar-refractivity contribution in [1.82, 2.24) is 10.6 Å². The lowest BCUT2D eigenvalue weighted by molar-refractivity contribution is -0.139. The van der Waals surface area contributed by atoms with E-state index in [0.29, 0.717) is 11.5 Å². The molecule has 0 amide bonds. The van der Waals surface area contributed by atoms with E-state index in [0.717, 1.165) is 10.9 Å². The van der Waals surface area contributed by atoms with Gasteiger partial charge in [-0.3, -0.25) is 0 Å². The van der Waals surface area contributed by atoms with Gasteiger partial charge in [-0.2, -0.15) is 0 Å². The minimum atomic E-state index is -0.904. The third kappa shape index (κ3) is 4.15. The molecule has 1 aromatic heterocycles. The number of hydrogen-bond acceptors (Lipinski definition) is 3. The molecule has 112 valence electrons. The van der Waals surface area contributed by atoms with Crippen LogP contribution in [0.2, 0.25) is 0 Å². The average molecular weight is 322 g/mol. The van der Waals surface area contributed by atoms with Crippen molar-refractivity contribution in [2.45, 2.75) is 32.4 Å². The molecule has 1 unspecified atom stereocenters. The summed E-state index contributed by atoms with van der Waals surface area (Å²) in [4.78, 5) is 11.4. The van der Waals surface area contributed by atoms with E-state index < -0.39 is 12.0 Å². The number of aliphatic carboxylic acids is 1. The molecule has 0 aliphatic carbocycles. The van der Waals surface area contributed by atoms with Gasteiger partial charge in [0.15, 0.2) is 5.11 Å². The summed E-state index contributed by atoms with van der Waals surface area (Å²) >= 11 is 6.76. The van der Waals surface area contributed by atoms with E-state index in [1.54, 1.807) is 11.3 Å². The molecule has 6 heteroatoms. The Balaban J connectivity index is 2.13. The van der Waals surface area contributed by atoms with E-state index in [2.05, 4.69) is 10.6 Å². The zero-order chi connectivity index (χ0) is 15.4. The van der Waals surface area contributed by atoms with Gasteiger partial charge < -0.3 is 15.7 Å². The molecule has 0 saturated heterocycles. The fourth-order valence-corrected chi connectivity index (χ4v) is 3.43. The molecule has 0 spiro atoms. The zero-order valence-corrected chi connectivity index (χ0v) is 13.6. The van der Waals surface area contributed by atoms with Crippen molar-refractivity contribution in [3.63, 3.8) is 0 Å². The minimum absolute atomic E-state index is 0.168. The van der Waals surface area contributed by atoms with Crippen LogP contribution in [0.3, 0.4) is 0 Å². The molecule has 2 aromatic rings. The van der Waals surface area contributed by atoms with Crippen molar-refractivity contribution >= 4 is 44.7 Å². The second-order valence-electron chi connectivity index (χ2n) is 5.12. The number of benzene rings is 1. The lowest BCUT2D eigenvalue weighted by atomic mass is 10.1. The Kier molecular flexibility index (Phi) is 5.14. The topological polar surface area (TPSA) is 61.4 Å². The van der Waals surface area contributed by atoms with Gasteiger partial charge in [0.05, 0.1) is 0 Å². The van der Waals surface area contributed by atoms with Crippen LogP contribution < -0.4 is 10.6 Å². The average Bonchev–Trinajstić information content (AvgIpc) is 2.80. The smallest absolute Gasteiger partial charge is 0.326 e. The first-order chi connectivity index (χ1) is 9.97. The maximum Gasteiger partial charge on any atom is 0.326 e. The van der Waals surface area contributed by atoms with Crippen LogP contribution in [0, 0.1) is 0 Å². The first-order valence-corrected chi connectivity index (χ1v) is 8.01. The van der Waals surface area contributed by atoms with E-state index in [1.165, 1.54) is 4.70 Å². The molecule has 0 fully saturated rings. The van der Waals surface area contributed by atoms with Gasteiger partial charge in [0, 0.05) is 17.2 Å². The molecule has 1 heterocycles. The van der Waals surface area contributed by atoms with Crippen LogP contribution in [-0.2, 0) is 11.2 Å². The Hall–Kier alpha value is -1.66. The highest BCUT2D eigenvalue weighted by atomic mass is 32.1. The summed E-state index contributed by atoms with van der Waals surface area (Å²) in [5.41, 5.74) is 1.03. The summed E-state index contributed by atoms with van der Waals surface area (Å²) in [6, 6.07) is 7.44. The number of carboxylic acids is 1. The van der Waals surface area contributed by atoms with Crippen molar-refractivity contribution in [1.29, 1.82) is 0 Å². The molecule has 3 N–H and O–H groups in total. The molecule has 1 aromatic carbocycles. The highest BCUT2D eigenvalue weighted by Gasteiger charge is 2.20. The number of rotatable bonds is 5. The van der Waals surface area contributed by atoms with Gasteiger partial charge in [-0.15, -0.1) is 11.3 Å². The van der Waals surface area contributed by atoms with Gasteiger partial charge in [-0.05, 0) is 48.5 Å². The first kappa shape index (κ1) is 15.7. The number of nitrogens with one attached hydrogen (secondary N) is 2. The monoisotopic (exact) mass is 322 g/mol. The molecule has 0 radical (unpaired) electrons. The predicted octanol–water partition coefficient (Wildman–Crippen LogP) is 2.77. The Labute approximate surface area is 133 Å². The van der Waals surface area contributed by atoms with Crippen LogP contribution in [-0.4, -0.2) is 28.3 Å². The number of thiocarbonyl (C=S) groups is 1. The normalized spacial score (nSPS) is 12.3. The predicted molar refractivity (Wildman–Crippen MR) is 91.0 cm³/mol. The Morgan fingerprint density at radius 2 is 2.05 bits per heavy atom. The summed E-state index contributed by atoms with van der Waals surface area (Å²) in [7, 11) is 0. The largest absolute Gasteiger partial charge is 0.480 e. The lowest BCUT2D eigenvalue weighted by Gasteiger charge is -2.18. The Morgan fingerprint density at radius 1 is 1.33 bits per heavy atom. The van der Waals surface area contributed by atoms with E-state index in [9.17, 15) is 9.90 Å². The highest BCUT2D eigenvalue weighted by molar-refractivity contribution is 7.80. The van der Waals surface area contributed by atoms with Crippen LogP contribution >= 0.6 is 23.6 Å². The number of carboxylic acid groups (broad SMARTS) is 1. The van der Waals surface area contributed by atoms with Gasteiger partial charge in [-0.25, -0.2) is 4.79 Å². The van der Waals surface area contributed by atoms with E-state index in [-0.39, 0.29) is 6.04 Å². The van der Waals surface area contributed by atoms with E-state index >= 15 is 0 Å². The van der Waals surface area contributed by atoms with Gasteiger partial charge in [0.2, 0.25) is 0 Å². The molecule has 0 bridgehead atoms. The maximum absolute atomic E-state index is 11.4. The summed E-state index contributed by atoms with van der Waals surface area (Å²) in [6.45, 7) is 3.91. The van der Waals surface area contributed by atoms with E-state index in [1.807, 2.05) is 43.5 Å². The van der Waals surface area contributed by atoms with Crippen LogP contribution in [0.15, 0.2) is 29.6 Å². The molecule has 2 rings (SSSR count). The molecule has 0 saturated carbocycles. The second kappa shape index (κ2) is 6.87. The van der Waals surface area contributed by atoms with Crippen LogP contribution in [0.1, 0.15) is 19.4 Å². The second-order valence-corrected chi connectivity index (χ2v) is 6.44. The zero-order valence-electron chi connectivity index (χ0n) is 11.9. The Morgan fingerprint density at radius 3 is 2.71 bits per heavy atom. The third-order valence-electron chi connectivity index (χ3n) is 3.01. The molecule has 0 aliphatic heterocycles. The molecule has 21 heavy (non-hydrogen) atoms. The first-order valence-electron chi connectivity index (χ1n) is 6.72. The van der Waals surface area contributed by atoms with E-state index in [4.69, 9.17) is 12.2 Å². The SMILES string of the molecule is CC(C)NC(=S)NC(Cc1csc2ccccc12)C(=O)O. The number of hydrogen-bond donors (Lipinski definition) is 3. The quantitative estimate of drug-likeness (QED) is 0.739. The molecular formula is C15H18N2O2S2. The van der Waals surface area contributed by atoms with Gasteiger partial charge in [0.25, 0.3) is 0 Å². The third-order valence-corrected chi connectivity index (χ3v) is 4.26. The number of fused-ring (bicyclic) bond motifs is 1. The van der Waals surface area contributed by atoms with Crippen LogP contribution in [0.5, 0.6) is 0 Å². The Bertz CT molecular complexity index is 652. The lowest BCUT2D eigenvalue weighted by Crippen LogP contribution is -2.48. The van der Waals surface area contributed by atoms with Crippen molar-refractivity contribution in [3.8, 4) is 0 Å². The van der Waals surface area contributed by atoms with Crippen molar-refractivity contribution in [2.75, 3.05) is 0 Å². The van der Waals surface area contributed by atoms with Crippen LogP contribution in [0.4, 0.5) is 0 Å². The van der Waals surface area contributed by atoms with Gasteiger partial charge >= 0.3 is 5.97 Å². The van der Waals surface area contributed by atoms with Gasteiger partial charge in [-0.1, -0.05) is 18.2 Å². The molecule has 1 atom stereocenters. The molecule has 4 nitrogen and oxygen atoms in total. The highest BCUT2D eigenvalue weighted by Crippen LogP contribution is 2.26. The van der Waals surface area contributed by atoms with Crippen molar-refractivity contribution in [2.24, 2.45) is 0 Å².